The Kier molecular flexibility index (Phi) is 4.44. The minimum atomic E-state index is -0.937. The maximum Gasteiger partial charge on any atom is 0.335 e. The predicted molar refractivity (Wildman–Crippen MR) is 102 cm³/mol. The Bertz CT molecular complexity index is 909. The number of anilines is 1. The summed E-state index contributed by atoms with van der Waals surface area (Å²) in [4.78, 5) is 13.6. The number of carboxylic acid groups (broad SMARTS) is 1. The normalized spacial score (nSPS) is 14.4. The van der Waals surface area contributed by atoms with E-state index < -0.39 is 5.97 Å². The molecule has 26 heavy (non-hydrogen) atoms. The molecule has 1 aliphatic rings. The van der Waals surface area contributed by atoms with Crippen LogP contribution in [-0.2, 0) is 0 Å². The van der Waals surface area contributed by atoms with Gasteiger partial charge in [0.05, 0.1) is 16.9 Å². The number of rotatable bonds is 4. The van der Waals surface area contributed by atoms with Crippen molar-refractivity contribution in [2.75, 3.05) is 18.0 Å². The van der Waals surface area contributed by atoms with E-state index in [9.17, 15) is 4.79 Å². The van der Waals surface area contributed by atoms with Crippen LogP contribution < -0.4 is 4.90 Å². The minimum absolute atomic E-state index is 0.255. The average molecular weight is 347 g/mol. The first-order valence-electron chi connectivity index (χ1n) is 8.95. The largest absolute Gasteiger partial charge is 0.478 e. The lowest BCUT2D eigenvalue weighted by atomic mass is 10.1. The van der Waals surface area contributed by atoms with Crippen molar-refractivity contribution in [2.24, 2.45) is 0 Å². The van der Waals surface area contributed by atoms with Gasteiger partial charge in [0, 0.05) is 30.5 Å². The van der Waals surface area contributed by atoms with E-state index in [1.54, 1.807) is 22.9 Å². The molecule has 0 bridgehead atoms. The number of nitrogens with zero attached hydrogens (tertiary/aromatic N) is 3. The zero-order chi connectivity index (χ0) is 17.9. The summed E-state index contributed by atoms with van der Waals surface area (Å²) in [5.74, 6) is -0.937. The van der Waals surface area contributed by atoms with Crippen LogP contribution >= 0.6 is 0 Å². The van der Waals surface area contributed by atoms with Gasteiger partial charge in [-0.2, -0.15) is 5.10 Å². The highest BCUT2D eigenvalue weighted by molar-refractivity contribution is 5.88. The summed E-state index contributed by atoms with van der Waals surface area (Å²) in [5, 5.41) is 13.7. The second-order valence-electron chi connectivity index (χ2n) is 6.60. The first kappa shape index (κ1) is 16.4. The highest BCUT2D eigenvalue weighted by Gasteiger charge is 2.11. The maximum atomic E-state index is 11.1. The third kappa shape index (κ3) is 3.33. The van der Waals surface area contributed by atoms with Gasteiger partial charge in [-0.15, -0.1) is 0 Å². The van der Waals surface area contributed by atoms with Gasteiger partial charge in [-0.25, -0.2) is 9.48 Å². The minimum Gasteiger partial charge on any atom is -0.478 e. The van der Waals surface area contributed by atoms with E-state index in [1.807, 2.05) is 18.3 Å². The fraction of sp³-hybridized carbons (Fsp3) is 0.238. The molecular formula is C21H21N3O2. The summed E-state index contributed by atoms with van der Waals surface area (Å²) in [6.45, 7) is 2.27. The van der Waals surface area contributed by atoms with Gasteiger partial charge < -0.3 is 10.0 Å². The topological polar surface area (TPSA) is 58.4 Å². The lowest BCUT2D eigenvalue weighted by Crippen LogP contribution is -2.29. The van der Waals surface area contributed by atoms with Gasteiger partial charge in [0.25, 0.3) is 0 Å². The van der Waals surface area contributed by atoms with Crippen molar-refractivity contribution in [1.29, 1.82) is 0 Å². The van der Waals surface area contributed by atoms with E-state index in [4.69, 9.17) is 5.11 Å². The highest BCUT2D eigenvalue weighted by atomic mass is 16.4. The number of aromatic nitrogens is 2. The van der Waals surface area contributed by atoms with Gasteiger partial charge in [-0.05, 0) is 55.7 Å². The van der Waals surface area contributed by atoms with Gasteiger partial charge in [0.1, 0.15) is 0 Å². The predicted octanol–water partition coefficient (Wildman–Crippen LogP) is 4.23. The summed E-state index contributed by atoms with van der Waals surface area (Å²) in [7, 11) is 0. The molecule has 132 valence electrons. The third-order valence-corrected chi connectivity index (χ3v) is 4.83. The van der Waals surface area contributed by atoms with E-state index in [0.717, 1.165) is 30.0 Å². The molecular weight excluding hydrogens is 326 g/mol. The Balaban J connectivity index is 1.56. The number of benzene rings is 2. The van der Waals surface area contributed by atoms with Crippen LogP contribution in [0, 0.1) is 0 Å². The Labute approximate surface area is 152 Å². The van der Waals surface area contributed by atoms with E-state index in [2.05, 4.69) is 34.3 Å². The molecule has 1 aromatic heterocycles. The Morgan fingerprint density at radius 2 is 1.69 bits per heavy atom. The lowest BCUT2D eigenvalue weighted by molar-refractivity contribution is 0.0697. The van der Waals surface area contributed by atoms with Gasteiger partial charge in [-0.1, -0.05) is 18.2 Å². The smallest absolute Gasteiger partial charge is 0.335 e. The molecule has 0 saturated carbocycles. The van der Waals surface area contributed by atoms with Crippen molar-refractivity contribution in [3.05, 3.63) is 66.4 Å². The summed E-state index contributed by atoms with van der Waals surface area (Å²) < 4.78 is 1.71. The summed E-state index contributed by atoms with van der Waals surface area (Å²) in [5.41, 5.74) is 4.18. The SMILES string of the molecule is O=C(O)c1cccc(-n2ccc(-c3ccc(N4CCCCC4)cc3)n2)c1. The van der Waals surface area contributed by atoms with Crippen LogP contribution in [0.3, 0.4) is 0 Å². The Hall–Kier alpha value is -3.08. The molecule has 1 fully saturated rings. The van der Waals surface area contributed by atoms with E-state index in [1.165, 1.54) is 24.9 Å². The molecule has 1 N–H and O–H groups in total. The maximum absolute atomic E-state index is 11.1. The molecule has 2 heterocycles. The van der Waals surface area contributed by atoms with Crippen LogP contribution in [0.1, 0.15) is 29.6 Å². The molecule has 1 saturated heterocycles. The Morgan fingerprint density at radius 1 is 0.923 bits per heavy atom. The second kappa shape index (κ2) is 7.04. The zero-order valence-electron chi connectivity index (χ0n) is 14.5. The quantitative estimate of drug-likeness (QED) is 0.767. The molecule has 0 atom stereocenters. The lowest BCUT2D eigenvalue weighted by Gasteiger charge is -2.28. The number of hydrogen-bond acceptors (Lipinski definition) is 3. The second-order valence-corrected chi connectivity index (χ2v) is 6.60. The molecule has 1 aliphatic heterocycles. The monoisotopic (exact) mass is 347 g/mol. The van der Waals surface area contributed by atoms with Crippen molar-refractivity contribution in [3.8, 4) is 16.9 Å². The number of piperidine rings is 1. The van der Waals surface area contributed by atoms with Crippen LogP contribution in [0.2, 0.25) is 0 Å². The van der Waals surface area contributed by atoms with Gasteiger partial charge >= 0.3 is 5.97 Å². The van der Waals surface area contributed by atoms with Crippen molar-refractivity contribution < 1.29 is 9.90 Å². The number of aromatic carboxylic acids is 1. The average Bonchev–Trinajstić information content (AvgIpc) is 3.19. The van der Waals surface area contributed by atoms with E-state index >= 15 is 0 Å². The molecule has 0 unspecified atom stereocenters. The molecule has 5 nitrogen and oxygen atoms in total. The standard InChI is InChI=1S/C21H21N3O2/c25-21(26)17-5-4-6-19(15-17)24-14-11-20(22-24)16-7-9-18(10-8-16)23-12-2-1-3-13-23/h4-11,14-15H,1-3,12-13H2,(H,25,26). The Morgan fingerprint density at radius 3 is 2.42 bits per heavy atom. The molecule has 0 radical (unpaired) electrons. The fourth-order valence-corrected chi connectivity index (χ4v) is 3.40. The molecule has 0 amide bonds. The molecule has 0 spiro atoms. The zero-order valence-corrected chi connectivity index (χ0v) is 14.5. The van der Waals surface area contributed by atoms with Crippen LogP contribution in [0.15, 0.2) is 60.8 Å². The highest BCUT2D eigenvalue weighted by Crippen LogP contribution is 2.25. The summed E-state index contributed by atoms with van der Waals surface area (Å²) >= 11 is 0. The molecule has 0 aliphatic carbocycles. The third-order valence-electron chi connectivity index (χ3n) is 4.83. The van der Waals surface area contributed by atoms with Gasteiger partial charge in [-0.3, -0.25) is 0 Å². The van der Waals surface area contributed by atoms with Crippen LogP contribution in [0.25, 0.3) is 16.9 Å². The van der Waals surface area contributed by atoms with Gasteiger partial charge in [0.15, 0.2) is 0 Å². The number of carboxylic acids is 1. The first-order chi connectivity index (χ1) is 12.7. The molecule has 4 rings (SSSR count). The van der Waals surface area contributed by atoms with Crippen LogP contribution in [0.5, 0.6) is 0 Å². The van der Waals surface area contributed by atoms with E-state index in [0.29, 0.717) is 0 Å². The molecule has 5 heteroatoms. The van der Waals surface area contributed by atoms with Crippen molar-refractivity contribution in [2.45, 2.75) is 19.3 Å². The fourth-order valence-electron chi connectivity index (χ4n) is 3.40. The number of hydrogen-bond donors (Lipinski definition) is 1. The summed E-state index contributed by atoms with van der Waals surface area (Å²) in [6, 6.07) is 17.2. The van der Waals surface area contributed by atoms with Crippen LogP contribution in [-0.4, -0.2) is 33.9 Å². The van der Waals surface area contributed by atoms with Crippen molar-refractivity contribution in [1.82, 2.24) is 9.78 Å². The molecule has 3 aromatic rings. The van der Waals surface area contributed by atoms with Gasteiger partial charge in [0.2, 0.25) is 0 Å². The van der Waals surface area contributed by atoms with Crippen LogP contribution in [0.4, 0.5) is 5.69 Å². The first-order valence-corrected chi connectivity index (χ1v) is 8.95. The van der Waals surface area contributed by atoms with Crippen molar-refractivity contribution >= 4 is 11.7 Å². The van der Waals surface area contributed by atoms with E-state index in [-0.39, 0.29) is 5.56 Å². The number of carbonyl (C=O) groups is 1. The van der Waals surface area contributed by atoms with Crippen molar-refractivity contribution in [3.63, 3.8) is 0 Å². The summed E-state index contributed by atoms with van der Waals surface area (Å²) in [6.07, 6.45) is 5.72. The molecule has 2 aromatic carbocycles.